The maximum absolute atomic E-state index is 10.4. The number of carboxylic acids is 2. The van der Waals surface area contributed by atoms with Crippen LogP contribution in [-0.2, 0) is 22.4 Å². The van der Waals surface area contributed by atoms with E-state index >= 15 is 0 Å². The van der Waals surface area contributed by atoms with Crippen LogP contribution in [0.1, 0.15) is 49.7 Å². The lowest BCUT2D eigenvalue weighted by Crippen LogP contribution is -1.97. The fraction of sp³-hybridized carbons (Fsp3) is 0.500. The zero-order chi connectivity index (χ0) is 16.5. The van der Waals surface area contributed by atoms with E-state index in [0.717, 1.165) is 0 Å². The second-order valence-corrected chi connectivity index (χ2v) is 5.31. The van der Waals surface area contributed by atoms with Gasteiger partial charge in [-0.05, 0) is 61.8 Å². The molecule has 122 valence electrons. The van der Waals surface area contributed by atoms with Crippen LogP contribution in [0.4, 0.5) is 0 Å². The number of carboxylic acid groups (broad SMARTS) is 2. The highest BCUT2D eigenvalue weighted by molar-refractivity contribution is 5.66. The number of hydrogen-bond donors (Lipinski definition) is 4. The molecule has 0 aromatic heterocycles. The largest absolute Gasteiger partial charge is 0.508 e. The normalized spacial score (nSPS) is 10.5. The van der Waals surface area contributed by atoms with Crippen LogP contribution in [0, 0.1) is 0 Å². The molecular weight excluding hydrogens is 288 g/mol. The summed E-state index contributed by atoms with van der Waals surface area (Å²) in [5.74, 6) is -1.52. The Kier molecular flexibility index (Phi) is 7.22. The Morgan fingerprint density at radius 1 is 0.727 bits per heavy atom. The second kappa shape index (κ2) is 8.92. The highest BCUT2D eigenvalue weighted by Gasteiger charge is 2.09. The number of rotatable bonds is 10. The van der Waals surface area contributed by atoms with Gasteiger partial charge in [0.05, 0.1) is 0 Å². The van der Waals surface area contributed by atoms with Crippen molar-refractivity contribution in [2.24, 2.45) is 0 Å². The SMILES string of the molecule is O=C(O)CCCCc1cc(O)c(CCCCC(=O)O)cc1O. The predicted molar refractivity (Wildman–Crippen MR) is 80.2 cm³/mol. The monoisotopic (exact) mass is 310 g/mol. The molecule has 1 aromatic carbocycles. The third-order valence-electron chi connectivity index (χ3n) is 3.45. The van der Waals surface area contributed by atoms with Crippen molar-refractivity contribution in [3.63, 3.8) is 0 Å². The van der Waals surface area contributed by atoms with Crippen LogP contribution in [0.15, 0.2) is 12.1 Å². The van der Waals surface area contributed by atoms with Crippen LogP contribution in [0.3, 0.4) is 0 Å². The van der Waals surface area contributed by atoms with E-state index in [9.17, 15) is 19.8 Å². The molecule has 1 aromatic rings. The molecule has 0 saturated carbocycles. The molecule has 0 saturated heterocycles. The van der Waals surface area contributed by atoms with Crippen LogP contribution in [0.5, 0.6) is 11.5 Å². The summed E-state index contributed by atoms with van der Waals surface area (Å²) in [6.45, 7) is 0. The Balaban J connectivity index is 2.52. The minimum Gasteiger partial charge on any atom is -0.508 e. The fourth-order valence-corrected chi connectivity index (χ4v) is 2.25. The molecule has 0 unspecified atom stereocenters. The van der Waals surface area contributed by atoms with E-state index in [1.807, 2.05) is 0 Å². The van der Waals surface area contributed by atoms with Crippen LogP contribution in [0.2, 0.25) is 0 Å². The molecule has 4 N–H and O–H groups in total. The van der Waals surface area contributed by atoms with Gasteiger partial charge in [0.1, 0.15) is 11.5 Å². The number of phenols is 2. The van der Waals surface area contributed by atoms with Crippen LogP contribution < -0.4 is 0 Å². The molecule has 1 rings (SSSR count). The van der Waals surface area contributed by atoms with E-state index in [1.54, 1.807) is 0 Å². The molecule has 0 aliphatic rings. The molecule has 22 heavy (non-hydrogen) atoms. The maximum atomic E-state index is 10.4. The van der Waals surface area contributed by atoms with E-state index < -0.39 is 11.9 Å². The number of benzene rings is 1. The van der Waals surface area contributed by atoms with Gasteiger partial charge < -0.3 is 20.4 Å². The van der Waals surface area contributed by atoms with Gasteiger partial charge in [0.2, 0.25) is 0 Å². The van der Waals surface area contributed by atoms with Crippen molar-refractivity contribution < 1.29 is 30.0 Å². The van der Waals surface area contributed by atoms with Gasteiger partial charge in [-0.2, -0.15) is 0 Å². The topological polar surface area (TPSA) is 115 Å². The Morgan fingerprint density at radius 3 is 1.41 bits per heavy atom. The highest BCUT2D eigenvalue weighted by atomic mass is 16.4. The molecule has 0 heterocycles. The molecule has 0 spiro atoms. The summed E-state index contributed by atoms with van der Waals surface area (Å²) < 4.78 is 0. The summed E-state index contributed by atoms with van der Waals surface area (Å²) >= 11 is 0. The maximum Gasteiger partial charge on any atom is 0.303 e. The average Bonchev–Trinajstić information content (AvgIpc) is 2.43. The lowest BCUT2D eigenvalue weighted by molar-refractivity contribution is -0.138. The van der Waals surface area contributed by atoms with Gasteiger partial charge in [-0.15, -0.1) is 0 Å². The zero-order valence-electron chi connectivity index (χ0n) is 12.4. The summed E-state index contributed by atoms with van der Waals surface area (Å²) in [6, 6.07) is 3.01. The summed E-state index contributed by atoms with van der Waals surface area (Å²) in [5.41, 5.74) is 1.19. The Hall–Kier alpha value is -2.24. The summed E-state index contributed by atoms with van der Waals surface area (Å²) in [5, 5.41) is 37.0. The standard InChI is InChI=1S/C16H22O6/c17-13-10-12(6-2-4-8-16(21)22)14(18)9-11(13)5-1-3-7-15(19)20/h9-10,17-18H,1-8H2,(H,19,20)(H,21,22). The first kappa shape index (κ1) is 17.8. The fourth-order valence-electron chi connectivity index (χ4n) is 2.25. The van der Waals surface area contributed by atoms with E-state index in [-0.39, 0.29) is 24.3 Å². The number of carbonyl (C=O) groups is 2. The third kappa shape index (κ3) is 6.47. The van der Waals surface area contributed by atoms with Gasteiger partial charge in [0.15, 0.2) is 0 Å². The van der Waals surface area contributed by atoms with E-state index in [1.165, 1.54) is 12.1 Å². The van der Waals surface area contributed by atoms with Crippen molar-refractivity contribution in [2.45, 2.75) is 51.4 Å². The number of unbranched alkanes of at least 4 members (excludes halogenated alkanes) is 2. The van der Waals surface area contributed by atoms with Crippen molar-refractivity contribution in [1.29, 1.82) is 0 Å². The first-order chi connectivity index (χ1) is 10.4. The zero-order valence-corrected chi connectivity index (χ0v) is 12.4. The molecule has 0 aliphatic carbocycles. The van der Waals surface area contributed by atoms with Crippen LogP contribution in [-0.4, -0.2) is 32.4 Å². The van der Waals surface area contributed by atoms with Crippen molar-refractivity contribution in [1.82, 2.24) is 0 Å². The second-order valence-electron chi connectivity index (χ2n) is 5.31. The summed E-state index contributed by atoms with van der Waals surface area (Å²) in [7, 11) is 0. The molecule has 0 radical (unpaired) electrons. The number of aliphatic carboxylic acids is 2. The lowest BCUT2D eigenvalue weighted by atomic mass is 10.00. The molecule has 0 bridgehead atoms. The van der Waals surface area contributed by atoms with Gasteiger partial charge in [-0.25, -0.2) is 0 Å². The highest BCUT2D eigenvalue weighted by Crippen LogP contribution is 2.29. The van der Waals surface area contributed by atoms with Gasteiger partial charge in [-0.3, -0.25) is 9.59 Å². The minimum absolute atomic E-state index is 0.0846. The van der Waals surface area contributed by atoms with E-state index in [2.05, 4.69) is 0 Å². The minimum atomic E-state index is -0.844. The van der Waals surface area contributed by atoms with Crippen molar-refractivity contribution in [3.8, 4) is 11.5 Å². The van der Waals surface area contributed by atoms with Crippen molar-refractivity contribution in [2.75, 3.05) is 0 Å². The average molecular weight is 310 g/mol. The quantitative estimate of drug-likeness (QED) is 0.390. The summed E-state index contributed by atoms with van der Waals surface area (Å²) in [4.78, 5) is 20.8. The number of aromatic hydroxyl groups is 2. The molecule has 6 nitrogen and oxygen atoms in total. The number of aryl methyl sites for hydroxylation is 2. The van der Waals surface area contributed by atoms with Gasteiger partial charge >= 0.3 is 11.9 Å². The van der Waals surface area contributed by atoms with Gasteiger partial charge in [-0.1, -0.05) is 0 Å². The van der Waals surface area contributed by atoms with Crippen molar-refractivity contribution in [3.05, 3.63) is 23.3 Å². The predicted octanol–water partition coefficient (Wildman–Crippen LogP) is 2.69. The molecule has 0 fully saturated rings. The van der Waals surface area contributed by atoms with Gasteiger partial charge in [0, 0.05) is 12.8 Å². The van der Waals surface area contributed by atoms with Crippen LogP contribution >= 0.6 is 0 Å². The van der Waals surface area contributed by atoms with E-state index in [4.69, 9.17) is 10.2 Å². The van der Waals surface area contributed by atoms with Crippen LogP contribution in [0.25, 0.3) is 0 Å². The molecular formula is C16H22O6. The number of hydrogen-bond acceptors (Lipinski definition) is 4. The van der Waals surface area contributed by atoms with Crippen molar-refractivity contribution >= 4 is 11.9 Å². The first-order valence-corrected chi connectivity index (χ1v) is 7.37. The summed E-state index contributed by atoms with van der Waals surface area (Å²) in [6.07, 6.45) is 3.48. The molecule has 6 heteroatoms. The molecule has 0 amide bonds. The Bertz CT molecular complexity index is 476. The number of phenolic OH excluding ortho intramolecular Hbond substituents is 2. The Morgan fingerprint density at radius 2 is 1.09 bits per heavy atom. The van der Waals surface area contributed by atoms with E-state index in [0.29, 0.717) is 49.7 Å². The lowest BCUT2D eigenvalue weighted by Gasteiger charge is -2.10. The smallest absolute Gasteiger partial charge is 0.303 e. The first-order valence-electron chi connectivity index (χ1n) is 7.37. The molecule has 0 aliphatic heterocycles. The Labute approximate surface area is 129 Å². The van der Waals surface area contributed by atoms with Gasteiger partial charge in [0.25, 0.3) is 0 Å². The third-order valence-corrected chi connectivity index (χ3v) is 3.45. The molecule has 0 atom stereocenters.